The predicted molar refractivity (Wildman–Crippen MR) is 88.5 cm³/mol. The normalized spacial score (nSPS) is 14.1. The maximum Gasteiger partial charge on any atom is 0.346 e. The van der Waals surface area contributed by atoms with E-state index in [1.807, 2.05) is 6.92 Å². The first-order chi connectivity index (χ1) is 11.6. The van der Waals surface area contributed by atoms with Crippen LogP contribution in [0.2, 0.25) is 0 Å². The van der Waals surface area contributed by atoms with Crippen LogP contribution < -0.4 is 10.6 Å². The van der Waals surface area contributed by atoms with Gasteiger partial charge in [-0.3, -0.25) is 9.36 Å². The molecule has 1 aromatic carbocycles. The van der Waals surface area contributed by atoms with Gasteiger partial charge in [-0.15, -0.1) is 0 Å². The van der Waals surface area contributed by atoms with Crippen molar-refractivity contribution in [3.05, 3.63) is 46.4 Å². The molecule has 0 spiro atoms. The third kappa shape index (κ3) is 3.25. The Morgan fingerprint density at radius 2 is 2.00 bits per heavy atom. The topological polar surface area (TPSA) is 60.1 Å². The van der Waals surface area contributed by atoms with Crippen LogP contribution in [0.3, 0.4) is 0 Å². The van der Waals surface area contributed by atoms with Crippen LogP contribution in [0.4, 0.5) is 10.1 Å². The summed E-state index contributed by atoms with van der Waals surface area (Å²) >= 11 is 0. The van der Waals surface area contributed by atoms with Crippen molar-refractivity contribution in [1.29, 1.82) is 0 Å². The zero-order chi connectivity index (χ0) is 17.1. The second-order valence-electron chi connectivity index (χ2n) is 5.93. The molecule has 0 radical (unpaired) electrons. The number of amides is 1. The number of carbonyl (C=O) groups excluding carboxylic acids is 1. The van der Waals surface area contributed by atoms with Gasteiger partial charge >= 0.3 is 5.69 Å². The first-order valence-corrected chi connectivity index (χ1v) is 8.32. The fraction of sp³-hybridized carbons (Fsp3) is 0.471. The molecular formula is C17H21FN4O2. The molecule has 2 heterocycles. The Balaban J connectivity index is 1.81. The highest BCUT2D eigenvalue weighted by Crippen LogP contribution is 2.15. The average Bonchev–Trinajstić information content (AvgIpc) is 2.75. The van der Waals surface area contributed by atoms with Gasteiger partial charge < -0.3 is 4.90 Å². The number of rotatable bonds is 4. The molecule has 1 aliphatic heterocycles. The molecule has 7 heteroatoms. The standard InChI is InChI=1S/C17H21FN4O2/c1-2-20(14-9-7-13(18)8-10-14)16(23)12-22-17(24)21-11-5-3-4-6-15(21)19-22/h7-10H,2-6,11-12H2,1H3. The van der Waals surface area contributed by atoms with E-state index in [1.54, 1.807) is 16.7 Å². The number of aryl methyl sites for hydroxylation is 1. The molecule has 0 N–H and O–H groups in total. The van der Waals surface area contributed by atoms with E-state index in [9.17, 15) is 14.0 Å². The third-order valence-electron chi connectivity index (χ3n) is 4.32. The summed E-state index contributed by atoms with van der Waals surface area (Å²) in [7, 11) is 0. The molecule has 24 heavy (non-hydrogen) atoms. The molecule has 0 saturated heterocycles. The van der Waals surface area contributed by atoms with Crippen molar-refractivity contribution >= 4 is 11.6 Å². The molecule has 1 aliphatic rings. The van der Waals surface area contributed by atoms with E-state index in [4.69, 9.17) is 0 Å². The molecule has 3 rings (SSSR count). The maximum atomic E-state index is 13.1. The number of carbonyl (C=O) groups is 1. The summed E-state index contributed by atoms with van der Waals surface area (Å²) in [4.78, 5) is 26.5. The van der Waals surface area contributed by atoms with Gasteiger partial charge in [0.15, 0.2) is 0 Å². The van der Waals surface area contributed by atoms with Crippen molar-refractivity contribution in [3.63, 3.8) is 0 Å². The molecule has 6 nitrogen and oxygen atoms in total. The quantitative estimate of drug-likeness (QED) is 0.860. The average molecular weight is 332 g/mol. The van der Waals surface area contributed by atoms with Gasteiger partial charge in [0.05, 0.1) is 0 Å². The summed E-state index contributed by atoms with van der Waals surface area (Å²) in [6.07, 6.45) is 3.84. The number of halogens is 1. The van der Waals surface area contributed by atoms with Crippen LogP contribution in [-0.2, 0) is 24.3 Å². The molecular weight excluding hydrogens is 311 g/mol. The zero-order valence-electron chi connectivity index (χ0n) is 13.7. The number of hydrogen-bond acceptors (Lipinski definition) is 3. The molecule has 0 bridgehead atoms. The van der Waals surface area contributed by atoms with Crippen LogP contribution >= 0.6 is 0 Å². The van der Waals surface area contributed by atoms with Gasteiger partial charge in [-0.2, -0.15) is 5.10 Å². The highest BCUT2D eigenvalue weighted by molar-refractivity contribution is 5.93. The minimum atomic E-state index is -0.351. The summed E-state index contributed by atoms with van der Waals surface area (Å²) in [6.45, 7) is 2.83. The Morgan fingerprint density at radius 3 is 2.71 bits per heavy atom. The lowest BCUT2D eigenvalue weighted by molar-refractivity contribution is -0.119. The van der Waals surface area contributed by atoms with Crippen LogP contribution in [0.1, 0.15) is 32.0 Å². The van der Waals surface area contributed by atoms with Crippen LogP contribution in [0.15, 0.2) is 29.1 Å². The SMILES string of the molecule is CCN(C(=O)Cn1nc2n(c1=O)CCCCC2)c1ccc(F)cc1. The number of benzene rings is 1. The van der Waals surface area contributed by atoms with Crippen LogP contribution in [-0.4, -0.2) is 26.8 Å². The number of likely N-dealkylation sites (N-methyl/N-ethyl adjacent to an activating group) is 1. The molecule has 0 saturated carbocycles. The summed E-state index contributed by atoms with van der Waals surface area (Å²) in [5.41, 5.74) is 0.383. The fourth-order valence-electron chi connectivity index (χ4n) is 3.07. The molecule has 128 valence electrons. The minimum absolute atomic E-state index is 0.107. The number of aromatic nitrogens is 3. The van der Waals surface area contributed by atoms with Crippen LogP contribution in [0.25, 0.3) is 0 Å². The van der Waals surface area contributed by atoms with Crippen molar-refractivity contribution in [1.82, 2.24) is 14.3 Å². The summed E-state index contributed by atoms with van der Waals surface area (Å²) < 4.78 is 16.0. The highest BCUT2D eigenvalue weighted by atomic mass is 19.1. The van der Waals surface area contributed by atoms with E-state index in [0.717, 1.165) is 31.5 Å². The Kier molecular flexibility index (Phi) is 4.78. The van der Waals surface area contributed by atoms with Gasteiger partial charge in [-0.1, -0.05) is 6.42 Å². The van der Waals surface area contributed by atoms with Crippen molar-refractivity contribution in [2.24, 2.45) is 0 Å². The Labute approximate surface area is 139 Å². The first kappa shape index (κ1) is 16.4. The smallest absolute Gasteiger partial charge is 0.311 e. The molecule has 0 fully saturated rings. The highest BCUT2D eigenvalue weighted by Gasteiger charge is 2.20. The Bertz CT molecular complexity index is 779. The van der Waals surface area contributed by atoms with Gasteiger partial charge in [0.1, 0.15) is 18.2 Å². The van der Waals surface area contributed by atoms with Gasteiger partial charge in [0.2, 0.25) is 5.91 Å². The van der Waals surface area contributed by atoms with Crippen LogP contribution in [0, 0.1) is 5.82 Å². The second-order valence-corrected chi connectivity index (χ2v) is 5.93. The largest absolute Gasteiger partial charge is 0.346 e. The van der Waals surface area contributed by atoms with Gasteiger partial charge in [0.25, 0.3) is 0 Å². The molecule has 2 aromatic rings. The molecule has 0 unspecified atom stereocenters. The fourth-order valence-corrected chi connectivity index (χ4v) is 3.07. The van der Waals surface area contributed by atoms with E-state index < -0.39 is 0 Å². The van der Waals surface area contributed by atoms with E-state index in [1.165, 1.54) is 21.7 Å². The van der Waals surface area contributed by atoms with E-state index in [-0.39, 0.29) is 24.0 Å². The summed E-state index contributed by atoms with van der Waals surface area (Å²) in [6, 6.07) is 5.75. The summed E-state index contributed by atoms with van der Waals surface area (Å²) in [5, 5.41) is 4.33. The maximum absolute atomic E-state index is 13.1. The van der Waals surface area contributed by atoms with Gasteiger partial charge in [-0.05, 0) is 44.0 Å². The van der Waals surface area contributed by atoms with Crippen molar-refractivity contribution in [2.45, 2.75) is 45.7 Å². The Morgan fingerprint density at radius 1 is 1.25 bits per heavy atom. The third-order valence-corrected chi connectivity index (χ3v) is 4.32. The van der Waals surface area contributed by atoms with E-state index in [2.05, 4.69) is 5.10 Å². The van der Waals surface area contributed by atoms with E-state index >= 15 is 0 Å². The summed E-state index contributed by atoms with van der Waals surface area (Å²) in [5.74, 6) is 0.172. The minimum Gasteiger partial charge on any atom is -0.311 e. The van der Waals surface area contributed by atoms with Gasteiger partial charge in [0, 0.05) is 25.2 Å². The van der Waals surface area contributed by atoms with Crippen molar-refractivity contribution in [2.75, 3.05) is 11.4 Å². The van der Waals surface area contributed by atoms with Crippen molar-refractivity contribution < 1.29 is 9.18 Å². The number of nitrogens with zero attached hydrogens (tertiary/aromatic N) is 4. The lowest BCUT2D eigenvalue weighted by Gasteiger charge is -2.20. The molecule has 1 amide bonds. The lowest BCUT2D eigenvalue weighted by atomic mass is 10.2. The molecule has 1 aromatic heterocycles. The molecule has 0 atom stereocenters. The second kappa shape index (κ2) is 6.98. The Hall–Kier alpha value is -2.44. The lowest BCUT2D eigenvalue weighted by Crippen LogP contribution is -2.37. The predicted octanol–water partition coefficient (Wildman–Crippen LogP) is 1.96. The molecule has 0 aliphatic carbocycles. The van der Waals surface area contributed by atoms with Gasteiger partial charge in [-0.25, -0.2) is 13.9 Å². The van der Waals surface area contributed by atoms with Crippen LogP contribution in [0.5, 0.6) is 0 Å². The monoisotopic (exact) mass is 332 g/mol. The zero-order valence-corrected chi connectivity index (χ0v) is 13.7. The van der Waals surface area contributed by atoms with Crippen molar-refractivity contribution in [3.8, 4) is 0 Å². The number of anilines is 1. The first-order valence-electron chi connectivity index (χ1n) is 8.32. The van der Waals surface area contributed by atoms with E-state index in [0.29, 0.717) is 18.8 Å². The number of fused-ring (bicyclic) bond motifs is 1. The number of hydrogen-bond donors (Lipinski definition) is 0.